The molecule has 0 radical (unpaired) electrons. The van der Waals surface area contributed by atoms with Gasteiger partial charge < -0.3 is 15.0 Å². The Labute approximate surface area is 280 Å². The number of nitrogens with one attached hydrogen (secondary N) is 1. The summed E-state index contributed by atoms with van der Waals surface area (Å²) in [6.07, 6.45) is 0.191. The van der Waals surface area contributed by atoms with E-state index in [-0.39, 0.29) is 40.5 Å². The number of ether oxygens (including phenoxy) is 1. The number of carbonyl (C=O) groups excluding carboxylic acids is 2. The van der Waals surface area contributed by atoms with Gasteiger partial charge in [-0.3, -0.25) is 13.9 Å². The molecule has 0 bridgehead atoms. The summed E-state index contributed by atoms with van der Waals surface area (Å²) >= 11 is 12.5. The van der Waals surface area contributed by atoms with Crippen LogP contribution in [0.15, 0.2) is 102 Å². The van der Waals surface area contributed by atoms with Crippen molar-refractivity contribution in [2.45, 2.75) is 50.7 Å². The number of halogens is 2. The molecular formula is C35H37Cl2N3O5S. The minimum Gasteiger partial charge on any atom is -0.497 e. The largest absolute Gasteiger partial charge is 0.497 e. The van der Waals surface area contributed by atoms with Gasteiger partial charge in [0.05, 0.1) is 27.7 Å². The third kappa shape index (κ3) is 8.81. The number of carbonyl (C=O) groups is 2. The van der Waals surface area contributed by atoms with E-state index in [9.17, 15) is 18.0 Å². The van der Waals surface area contributed by atoms with Crippen molar-refractivity contribution in [1.29, 1.82) is 0 Å². The van der Waals surface area contributed by atoms with Crippen LogP contribution in [0.5, 0.6) is 5.75 Å². The molecule has 0 heterocycles. The van der Waals surface area contributed by atoms with Crippen LogP contribution in [-0.2, 0) is 32.6 Å². The number of anilines is 1. The average molecular weight is 683 g/mol. The molecule has 11 heteroatoms. The number of sulfonamides is 1. The van der Waals surface area contributed by atoms with E-state index in [1.54, 1.807) is 54.6 Å². The summed E-state index contributed by atoms with van der Waals surface area (Å²) in [5.41, 5.74) is 2.56. The summed E-state index contributed by atoms with van der Waals surface area (Å²) in [5.74, 6) is -0.550. The van der Waals surface area contributed by atoms with Gasteiger partial charge in [-0.25, -0.2) is 8.42 Å². The first kappa shape index (κ1) is 34.8. The van der Waals surface area contributed by atoms with E-state index in [0.717, 1.165) is 15.4 Å². The lowest BCUT2D eigenvalue weighted by Gasteiger charge is -2.34. The van der Waals surface area contributed by atoms with Crippen LogP contribution in [-0.4, -0.2) is 50.9 Å². The van der Waals surface area contributed by atoms with Crippen LogP contribution >= 0.6 is 23.2 Å². The van der Waals surface area contributed by atoms with Gasteiger partial charge in [0.25, 0.3) is 10.0 Å². The Bertz CT molecular complexity index is 1770. The van der Waals surface area contributed by atoms with Crippen molar-refractivity contribution < 1.29 is 22.7 Å². The highest BCUT2D eigenvalue weighted by molar-refractivity contribution is 7.92. The molecular weight excluding hydrogens is 645 g/mol. The van der Waals surface area contributed by atoms with E-state index < -0.39 is 28.5 Å². The smallest absolute Gasteiger partial charge is 0.264 e. The molecule has 0 unspecified atom stereocenters. The average Bonchev–Trinajstić information content (AvgIpc) is 3.03. The molecule has 0 aromatic heterocycles. The molecule has 2 amide bonds. The maximum absolute atomic E-state index is 14.5. The van der Waals surface area contributed by atoms with Crippen molar-refractivity contribution in [2.75, 3.05) is 18.0 Å². The third-order valence-electron chi connectivity index (χ3n) is 7.27. The molecule has 1 atom stereocenters. The molecule has 8 nitrogen and oxygen atoms in total. The molecule has 0 aliphatic rings. The van der Waals surface area contributed by atoms with Crippen molar-refractivity contribution in [3.8, 4) is 5.75 Å². The number of hydrogen-bond acceptors (Lipinski definition) is 5. The summed E-state index contributed by atoms with van der Waals surface area (Å²) in [5, 5.41) is 3.57. The Hall–Kier alpha value is -4.05. The third-order valence-corrected chi connectivity index (χ3v) is 9.80. The maximum atomic E-state index is 14.5. The highest BCUT2D eigenvalue weighted by Crippen LogP contribution is 2.29. The van der Waals surface area contributed by atoms with Gasteiger partial charge in [-0.15, -0.1) is 0 Å². The minimum atomic E-state index is -4.24. The van der Waals surface area contributed by atoms with E-state index in [1.807, 2.05) is 51.1 Å². The molecule has 0 aliphatic heterocycles. The number of benzene rings is 4. The van der Waals surface area contributed by atoms with Crippen molar-refractivity contribution >= 4 is 50.7 Å². The fourth-order valence-electron chi connectivity index (χ4n) is 4.90. The first-order valence-corrected chi connectivity index (χ1v) is 16.9. The molecule has 4 aromatic carbocycles. The van der Waals surface area contributed by atoms with Crippen molar-refractivity contribution in [2.24, 2.45) is 0 Å². The van der Waals surface area contributed by atoms with Crippen LogP contribution < -0.4 is 14.4 Å². The van der Waals surface area contributed by atoms with Gasteiger partial charge in [0.2, 0.25) is 11.8 Å². The number of hydrogen-bond donors (Lipinski definition) is 1. The van der Waals surface area contributed by atoms with Gasteiger partial charge >= 0.3 is 0 Å². The molecule has 0 aliphatic carbocycles. The topological polar surface area (TPSA) is 96.0 Å². The quantitative estimate of drug-likeness (QED) is 0.170. The van der Waals surface area contributed by atoms with Crippen molar-refractivity contribution in [1.82, 2.24) is 10.2 Å². The van der Waals surface area contributed by atoms with Gasteiger partial charge in [-0.05, 0) is 68.3 Å². The zero-order chi connectivity index (χ0) is 33.4. The summed E-state index contributed by atoms with van der Waals surface area (Å²) in [6, 6.07) is 26.0. The van der Waals surface area contributed by atoms with Gasteiger partial charge in [0, 0.05) is 25.1 Å². The molecule has 0 fully saturated rings. The Kier molecular flexibility index (Phi) is 11.7. The summed E-state index contributed by atoms with van der Waals surface area (Å²) < 4.78 is 34.8. The number of nitrogens with zero attached hydrogens (tertiary/aromatic N) is 2. The standard InChI is InChI=1S/C35H37Cl2N3O5S/c1-24(2)38-35(42)33(20-26-9-6-5-7-10-26)39(22-27-15-18-31(36)32(37)19-27)34(41)23-40(28-11-8-12-29(21-28)45-4)46(43,44)30-16-13-25(3)14-17-30/h5-19,21,24,33H,20,22-23H2,1-4H3,(H,38,42)/t33-/m1/s1. The molecule has 4 rings (SSSR count). The fraction of sp³-hybridized carbons (Fsp3) is 0.257. The fourth-order valence-corrected chi connectivity index (χ4v) is 6.63. The van der Waals surface area contributed by atoms with Gasteiger partial charge in [0.15, 0.2) is 0 Å². The maximum Gasteiger partial charge on any atom is 0.264 e. The van der Waals surface area contributed by atoms with E-state index in [0.29, 0.717) is 16.3 Å². The van der Waals surface area contributed by atoms with Gasteiger partial charge in [-0.1, -0.05) is 83.4 Å². The van der Waals surface area contributed by atoms with Crippen LogP contribution in [0.2, 0.25) is 10.0 Å². The van der Waals surface area contributed by atoms with Crippen LogP contribution in [0, 0.1) is 6.92 Å². The Morgan fingerprint density at radius 2 is 1.54 bits per heavy atom. The summed E-state index contributed by atoms with van der Waals surface area (Å²) in [4.78, 5) is 29.8. The molecule has 242 valence electrons. The van der Waals surface area contributed by atoms with E-state index >= 15 is 0 Å². The molecule has 4 aromatic rings. The number of amides is 2. The number of methoxy groups -OCH3 is 1. The van der Waals surface area contributed by atoms with Gasteiger partial charge in [0.1, 0.15) is 18.3 Å². The molecule has 46 heavy (non-hydrogen) atoms. The van der Waals surface area contributed by atoms with Crippen molar-refractivity contribution in [3.63, 3.8) is 0 Å². The van der Waals surface area contributed by atoms with Crippen molar-refractivity contribution in [3.05, 3.63) is 124 Å². The highest BCUT2D eigenvalue weighted by atomic mass is 35.5. The SMILES string of the molecule is COc1cccc(N(CC(=O)N(Cc2ccc(Cl)c(Cl)c2)[C@H](Cc2ccccc2)C(=O)NC(C)C)S(=O)(=O)c2ccc(C)cc2)c1. The lowest BCUT2D eigenvalue weighted by molar-refractivity contribution is -0.140. The van der Waals surface area contributed by atoms with Crippen LogP contribution in [0.25, 0.3) is 0 Å². The van der Waals surface area contributed by atoms with E-state index in [4.69, 9.17) is 27.9 Å². The predicted molar refractivity (Wildman–Crippen MR) is 183 cm³/mol. The molecule has 0 saturated carbocycles. The molecule has 0 saturated heterocycles. The normalized spacial score (nSPS) is 12.0. The lowest BCUT2D eigenvalue weighted by Crippen LogP contribution is -2.54. The second-order valence-electron chi connectivity index (χ2n) is 11.2. The Balaban J connectivity index is 1.83. The Morgan fingerprint density at radius 1 is 0.848 bits per heavy atom. The number of rotatable bonds is 13. The predicted octanol–water partition coefficient (Wildman–Crippen LogP) is 6.67. The number of aryl methyl sites for hydroxylation is 1. The van der Waals surface area contributed by atoms with Crippen LogP contribution in [0.1, 0.15) is 30.5 Å². The zero-order valence-corrected chi connectivity index (χ0v) is 28.4. The summed E-state index contributed by atoms with van der Waals surface area (Å²) in [6.45, 7) is 4.90. The molecule has 1 N–H and O–H groups in total. The van der Waals surface area contributed by atoms with Crippen LogP contribution in [0.3, 0.4) is 0 Å². The Morgan fingerprint density at radius 3 is 2.17 bits per heavy atom. The highest BCUT2D eigenvalue weighted by Gasteiger charge is 2.35. The zero-order valence-electron chi connectivity index (χ0n) is 26.1. The van der Waals surface area contributed by atoms with E-state index in [1.165, 1.54) is 24.1 Å². The monoisotopic (exact) mass is 681 g/mol. The first-order chi connectivity index (χ1) is 21.9. The molecule has 0 spiro atoms. The minimum absolute atomic E-state index is 0.0168. The first-order valence-electron chi connectivity index (χ1n) is 14.7. The lowest BCUT2D eigenvalue weighted by atomic mass is 10.0. The van der Waals surface area contributed by atoms with Crippen LogP contribution in [0.4, 0.5) is 5.69 Å². The second-order valence-corrected chi connectivity index (χ2v) is 13.8. The van der Waals surface area contributed by atoms with Gasteiger partial charge in [-0.2, -0.15) is 0 Å². The summed E-state index contributed by atoms with van der Waals surface area (Å²) in [7, 11) is -2.77. The van der Waals surface area contributed by atoms with E-state index in [2.05, 4.69) is 5.32 Å². The second kappa shape index (κ2) is 15.5.